The Kier molecular flexibility index (Phi) is 3.47. The number of nitrogens with zero attached hydrogens (tertiary/aromatic N) is 2. The number of hydrogen-bond acceptors (Lipinski definition) is 5. The van der Waals surface area contributed by atoms with Crippen LogP contribution in [-0.4, -0.2) is 42.2 Å². The van der Waals surface area contributed by atoms with Crippen LogP contribution in [0.4, 0.5) is 23.7 Å². The lowest BCUT2D eigenvalue weighted by Crippen LogP contribution is -2.60. The van der Waals surface area contributed by atoms with Gasteiger partial charge >= 0.3 is 12.3 Å². The fourth-order valence-corrected chi connectivity index (χ4v) is 2.62. The lowest BCUT2D eigenvalue weighted by molar-refractivity contribution is -0.137. The molecule has 0 spiro atoms. The maximum absolute atomic E-state index is 13.3. The van der Waals surface area contributed by atoms with E-state index in [0.29, 0.717) is 0 Å². The number of carbonyl (C=O) groups is 1. The highest BCUT2D eigenvalue weighted by molar-refractivity contribution is 6.04. The van der Waals surface area contributed by atoms with Gasteiger partial charge in [0.05, 0.1) is 11.2 Å². The molecule has 23 heavy (non-hydrogen) atoms. The van der Waals surface area contributed by atoms with Crippen LogP contribution >= 0.6 is 0 Å². The first-order valence-corrected chi connectivity index (χ1v) is 6.84. The van der Waals surface area contributed by atoms with Gasteiger partial charge in [-0.3, -0.25) is 0 Å². The van der Waals surface area contributed by atoms with Crippen molar-refractivity contribution in [1.29, 1.82) is 0 Å². The van der Waals surface area contributed by atoms with Crippen LogP contribution in [0.25, 0.3) is 0 Å². The number of aliphatic hydroxyl groups is 1. The summed E-state index contributed by atoms with van der Waals surface area (Å²) in [5.74, 6) is 0. The molecule has 1 aromatic rings. The van der Waals surface area contributed by atoms with Gasteiger partial charge < -0.3 is 14.7 Å². The molecule has 0 radical (unpaired) electrons. The van der Waals surface area contributed by atoms with Crippen LogP contribution in [0.5, 0.6) is 0 Å². The highest BCUT2D eigenvalue weighted by Crippen LogP contribution is 2.40. The minimum atomic E-state index is -4.55. The molecule has 1 aromatic carbocycles. The molecule has 1 fully saturated rings. The van der Waals surface area contributed by atoms with E-state index in [1.54, 1.807) is 6.92 Å². The predicted molar refractivity (Wildman–Crippen MR) is 75.3 cm³/mol. The molecule has 1 amide bonds. The summed E-state index contributed by atoms with van der Waals surface area (Å²) in [5, 5.41) is 13.4. The van der Waals surface area contributed by atoms with Crippen LogP contribution in [0, 0.1) is 0 Å². The number of amides is 1. The van der Waals surface area contributed by atoms with E-state index >= 15 is 0 Å². The first-order chi connectivity index (χ1) is 10.7. The van der Waals surface area contributed by atoms with Crippen LogP contribution in [-0.2, 0) is 10.9 Å². The van der Waals surface area contributed by atoms with E-state index in [1.807, 2.05) is 0 Å². The van der Waals surface area contributed by atoms with Gasteiger partial charge in [-0.2, -0.15) is 18.3 Å². The van der Waals surface area contributed by atoms with Gasteiger partial charge in [-0.25, -0.2) is 10.2 Å². The van der Waals surface area contributed by atoms with Crippen LogP contribution in [0.15, 0.2) is 23.3 Å². The van der Waals surface area contributed by atoms with Gasteiger partial charge in [0.15, 0.2) is 0 Å². The Bertz CT molecular complexity index is 678. The molecule has 0 saturated carbocycles. The Hall–Kier alpha value is -2.29. The molecule has 6 nitrogen and oxygen atoms in total. The van der Waals surface area contributed by atoms with E-state index in [2.05, 4.69) is 10.5 Å². The molecule has 124 valence electrons. The highest BCUT2D eigenvalue weighted by atomic mass is 19.4. The summed E-state index contributed by atoms with van der Waals surface area (Å²) >= 11 is 0. The fraction of sp³-hybridized carbons (Fsp3) is 0.429. The second-order valence-corrected chi connectivity index (χ2v) is 5.83. The van der Waals surface area contributed by atoms with Crippen molar-refractivity contribution in [2.75, 3.05) is 24.6 Å². The average molecular weight is 329 g/mol. The zero-order valence-corrected chi connectivity index (χ0v) is 12.1. The first-order valence-electron chi connectivity index (χ1n) is 6.84. The van der Waals surface area contributed by atoms with Crippen LogP contribution in [0.3, 0.4) is 0 Å². The summed E-state index contributed by atoms with van der Waals surface area (Å²) < 4.78 is 44.7. The molecule has 2 N–H and O–H groups in total. The lowest BCUT2D eigenvalue weighted by Gasteiger charge is -2.46. The number of alkyl halides is 3. The summed E-state index contributed by atoms with van der Waals surface area (Å²) in [4.78, 5) is 12.3. The second-order valence-electron chi connectivity index (χ2n) is 5.83. The van der Waals surface area contributed by atoms with Crippen molar-refractivity contribution in [1.82, 2.24) is 5.43 Å². The van der Waals surface area contributed by atoms with E-state index in [0.717, 1.165) is 6.07 Å². The molecular weight excluding hydrogens is 315 g/mol. The fourth-order valence-electron chi connectivity index (χ4n) is 2.62. The van der Waals surface area contributed by atoms with Gasteiger partial charge in [-0.15, -0.1) is 0 Å². The number of rotatable bonds is 2. The van der Waals surface area contributed by atoms with Gasteiger partial charge in [-0.05, 0) is 19.1 Å². The Labute approximate surface area is 129 Å². The zero-order chi connectivity index (χ0) is 16.8. The molecule has 3 rings (SSSR count). The topological polar surface area (TPSA) is 74.2 Å². The molecule has 0 bridgehead atoms. The zero-order valence-electron chi connectivity index (χ0n) is 12.1. The molecule has 2 aliphatic heterocycles. The molecule has 0 atom stereocenters. The predicted octanol–water partition coefficient (Wildman–Crippen LogP) is 1.72. The molecule has 0 unspecified atom stereocenters. The summed E-state index contributed by atoms with van der Waals surface area (Å²) in [5.41, 5.74) is 0.698. The van der Waals surface area contributed by atoms with Crippen molar-refractivity contribution < 1.29 is 27.8 Å². The number of carbonyl (C=O) groups excluding carboxylic acids is 1. The molecule has 2 aliphatic rings. The van der Waals surface area contributed by atoms with Crippen LogP contribution in [0.1, 0.15) is 18.1 Å². The van der Waals surface area contributed by atoms with E-state index in [1.165, 1.54) is 17.0 Å². The third-order valence-electron chi connectivity index (χ3n) is 3.66. The molecule has 1 saturated heterocycles. The third kappa shape index (κ3) is 3.09. The Morgan fingerprint density at radius 2 is 2.09 bits per heavy atom. The molecule has 2 heterocycles. The number of β-amino-alcohol motifs (C(OH)–C–C–N with tert-alkyl or cyclic N) is 1. The van der Waals surface area contributed by atoms with Crippen molar-refractivity contribution in [2.24, 2.45) is 5.10 Å². The van der Waals surface area contributed by atoms with Crippen molar-refractivity contribution in [2.45, 2.75) is 18.7 Å². The minimum Gasteiger partial charge on any atom is -0.442 e. The first kappa shape index (κ1) is 15.6. The van der Waals surface area contributed by atoms with Crippen LogP contribution in [0.2, 0.25) is 0 Å². The van der Waals surface area contributed by atoms with Gasteiger partial charge in [0.1, 0.15) is 12.3 Å². The SMILES string of the molecule is CC1(O)CN(c2ccc(C3=NNC(=O)OC3)cc2C(F)(F)F)C1. The van der Waals surface area contributed by atoms with Crippen molar-refractivity contribution in [3.05, 3.63) is 29.3 Å². The number of anilines is 1. The van der Waals surface area contributed by atoms with E-state index in [4.69, 9.17) is 4.74 Å². The van der Waals surface area contributed by atoms with Gasteiger partial charge in [0.2, 0.25) is 0 Å². The van der Waals surface area contributed by atoms with E-state index < -0.39 is 23.4 Å². The lowest BCUT2D eigenvalue weighted by atomic mass is 9.94. The summed E-state index contributed by atoms with van der Waals surface area (Å²) in [6, 6.07) is 3.80. The summed E-state index contributed by atoms with van der Waals surface area (Å²) in [6.07, 6.45) is -5.30. The smallest absolute Gasteiger partial charge is 0.428 e. The maximum Gasteiger partial charge on any atom is 0.428 e. The number of nitrogens with one attached hydrogen (secondary N) is 1. The largest absolute Gasteiger partial charge is 0.442 e. The number of hydrogen-bond donors (Lipinski definition) is 2. The molecular formula is C14H14F3N3O3. The van der Waals surface area contributed by atoms with Crippen molar-refractivity contribution in [3.8, 4) is 0 Å². The molecule has 0 aliphatic carbocycles. The Morgan fingerprint density at radius 1 is 1.39 bits per heavy atom. The normalized spacial score (nSPS) is 20.3. The molecule has 9 heteroatoms. The number of ether oxygens (including phenoxy) is 1. The minimum absolute atomic E-state index is 0.00846. The van der Waals surface area contributed by atoms with Gasteiger partial charge in [-0.1, -0.05) is 6.07 Å². The van der Waals surface area contributed by atoms with Gasteiger partial charge in [0.25, 0.3) is 0 Å². The van der Waals surface area contributed by atoms with Gasteiger partial charge in [0, 0.05) is 24.3 Å². The third-order valence-corrected chi connectivity index (χ3v) is 3.66. The highest BCUT2D eigenvalue weighted by Gasteiger charge is 2.42. The Balaban J connectivity index is 1.95. The number of halogens is 3. The number of hydrazone groups is 1. The van der Waals surface area contributed by atoms with Crippen molar-refractivity contribution >= 4 is 17.5 Å². The number of cyclic esters (lactones) is 1. The molecule has 0 aromatic heterocycles. The van der Waals surface area contributed by atoms with E-state index in [-0.39, 0.29) is 36.7 Å². The monoisotopic (exact) mass is 329 g/mol. The standard InChI is InChI=1S/C14H14F3N3O3/c1-13(22)6-20(7-13)11-3-2-8(4-9(11)14(15,16)17)10-5-23-12(21)19-18-10/h2-4,22H,5-7H2,1H3,(H,19,21). The average Bonchev–Trinajstić information content (AvgIpc) is 2.44. The summed E-state index contributed by atoms with van der Waals surface area (Å²) in [7, 11) is 0. The second kappa shape index (κ2) is 5.12. The van der Waals surface area contributed by atoms with E-state index in [9.17, 15) is 23.1 Å². The van der Waals surface area contributed by atoms with Crippen LogP contribution < -0.4 is 10.3 Å². The Morgan fingerprint density at radius 3 is 2.61 bits per heavy atom. The number of benzene rings is 1. The summed E-state index contributed by atoms with van der Waals surface area (Å²) in [6.45, 7) is 1.65. The van der Waals surface area contributed by atoms with Crippen molar-refractivity contribution in [3.63, 3.8) is 0 Å². The quantitative estimate of drug-likeness (QED) is 0.866. The maximum atomic E-state index is 13.3.